The minimum atomic E-state index is -3.24. The van der Waals surface area contributed by atoms with Gasteiger partial charge < -0.3 is 4.90 Å². The Bertz CT molecular complexity index is 554. The third kappa shape index (κ3) is 3.09. The average molecular weight is 370 g/mol. The number of rotatable bonds is 2. The van der Waals surface area contributed by atoms with Crippen molar-refractivity contribution in [3.8, 4) is 0 Å². The van der Waals surface area contributed by atoms with Crippen molar-refractivity contribution in [3.05, 3.63) is 20.8 Å². The highest BCUT2D eigenvalue weighted by Crippen LogP contribution is 2.27. The van der Waals surface area contributed by atoms with E-state index in [-0.39, 0.29) is 5.91 Å². The average Bonchev–Trinajstić information content (AvgIpc) is 2.74. The summed E-state index contributed by atoms with van der Waals surface area (Å²) in [6, 6.07) is 3.52. The van der Waals surface area contributed by atoms with Crippen LogP contribution in [0.15, 0.2) is 15.9 Å². The van der Waals surface area contributed by atoms with Crippen molar-refractivity contribution in [2.24, 2.45) is 0 Å². The van der Waals surface area contributed by atoms with E-state index < -0.39 is 15.2 Å². The highest BCUT2D eigenvalue weighted by molar-refractivity contribution is 9.11. The molecule has 0 spiro atoms. The van der Waals surface area contributed by atoms with E-state index in [1.54, 1.807) is 23.9 Å². The van der Waals surface area contributed by atoms with Crippen LogP contribution in [0.2, 0.25) is 0 Å². The molecule has 0 saturated carbocycles. The molecule has 1 unspecified atom stereocenters. The van der Waals surface area contributed by atoms with Gasteiger partial charge in [0.25, 0.3) is 5.91 Å². The number of nitrogens with zero attached hydrogens (tertiary/aromatic N) is 1. The molecule has 1 saturated heterocycles. The fourth-order valence-corrected chi connectivity index (χ4v) is 5.90. The van der Waals surface area contributed by atoms with Crippen LogP contribution in [0.4, 0.5) is 0 Å². The molecule has 4 nitrogen and oxygen atoms in total. The third-order valence-corrected chi connectivity index (χ3v) is 6.88. The number of thioether (sulfide) groups is 1. The molecule has 1 fully saturated rings. The van der Waals surface area contributed by atoms with Gasteiger partial charge in [0.2, 0.25) is 0 Å². The topological polar surface area (TPSA) is 54.5 Å². The summed E-state index contributed by atoms with van der Waals surface area (Å²) in [5.41, 5.74) is 0. The zero-order valence-corrected chi connectivity index (χ0v) is 13.7. The maximum atomic E-state index is 12.3. The van der Waals surface area contributed by atoms with Crippen molar-refractivity contribution in [1.82, 2.24) is 4.90 Å². The van der Waals surface area contributed by atoms with Gasteiger partial charge in [0.15, 0.2) is 9.84 Å². The normalized spacial score (nSPS) is 21.0. The molecule has 0 radical (unpaired) electrons. The van der Waals surface area contributed by atoms with Gasteiger partial charge in [-0.25, -0.2) is 8.42 Å². The third-order valence-electron chi connectivity index (χ3n) is 2.62. The molecule has 1 aromatic heterocycles. The molecule has 0 aliphatic carbocycles. The Kier molecular flexibility index (Phi) is 4.40. The van der Waals surface area contributed by atoms with Crippen LogP contribution in [0.1, 0.15) is 9.67 Å². The predicted octanol–water partition coefficient (Wildman–Crippen LogP) is 2.07. The number of sulfone groups is 1. The standard InChI is InChI=1S/C10H12BrNO3S3/c1-18(14,15)9-6-16-5-4-12(9)10(13)7-2-3-8(11)17-7/h2-3,9H,4-6H2,1H3. The Labute approximate surface area is 123 Å². The van der Waals surface area contributed by atoms with E-state index in [0.717, 1.165) is 9.54 Å². The van der Waals surface area contributed by atoms with Gasteiger partial charge in [0.1, 0.15) is 5.37 Å². The van der Waals surface area contributed by atoms with E-state index in [2.05, 4.69) is 15.9 Å². The molecule has 0 N–H and O–H groups in total. The summed E-state index contributed by atoms with van der Waals surface area (Å²) in [6.07, 6.45) is 1.19. The number of halogens is 1. The summed E-state index contributed by atoms with van der Waals surface area (Å²) in [5.74, 6) is 1.04. The van der Waals surface area contributed by atoms with Gasteiger partial charge in [-0.1, -0.05) is 0 Å². The maximum Gasteiger partial charge on any atom is 0.265 e. The Hall–Kier alpha value is -0.0500. The lowest BCUT2D eigenvalue weighted by atomic mass is 10.4. The molecule has 1 amide bonds. The molecule has 0 bridgehead atoms. The van der Waals surface area contributed by atoms with Crippen LogP contribution < -0.4 is 0 Å². The van der Waals surface area contributed by atoms with E-state index in [4.69, 9.17) is 0 Å². The van der Waals surface area contributed by atoms with E-state index in [1.165, 1.54) is 22.5 Å². The highest BCUT2D eigenvalue weighted by atomic mass is 79.9. The number of carbonyl (C=O) groups excluding carboxylic acids is 1. The summed E-state index contributed by atoms with van der Waals surface area (Å²) in [6.45, 7) is 0.483. The van der Waals surface area contributed by atoms with Gasteiger partial charge in [-0.15, -0.1) is 11.3 Å². The molecule has 1 aromatic rings. The molecular weight excluding hydrogens is 358 g/mol. The summed E-state index contributed by atoms with van der Waals surface area (Å²) < 4.78 is 24.3. The lowest BCUT2D eigenvalue weighted by Crippen LogP contribution is -2.49. The first-order chi connectivity index (χ1) is 8.39. The van der Waals surface area contributed by atoms with Crippen LogP contribution in [0.3, 0.4) is 0 Å². The van der Waals surface area contributed by atoms with Crippen LogP contribution in [-0.4, -0.2) is 48.9 Å². The van der Waals surface area contributed by atoms with Crippen molar-refractivity contribution in [2.45, 2.75) is 5.37 Å². The van der Waals surface area contributed by atoms with Crippen molar-refractivity contribution in [1.29, 1.82) is 0 Å². The molecule has 1 atom stereocenters. The quantitative estimate of drug-likeness (QED) is 0.800. The van der Waals surface area contributed by atoms with E-state index in [1.807, 2.05) is 0 Å². The minimum Gasteiger partial charge on any atom is -0.319 e. The Morgan fingerprint density at radius 3 is 2.78 bits per heavy atom. The van der Waals surface area contributed by atoms with Crippen molar-refractivity contribution >= 4 is 54.8 Å². The van der Waals surface area contributed by atoms with Gasteiger partial charge in [0, 0.05) is 24.3 Å². The fourth-order valence-electron chi connectivity index (χ4n) is 1.74. The number of hydrogen-bond donors (Lipinski definition) is 0. The lowest BCUT2D eigenvalue weighted by molar-refractivity contribution is 0.0754. The van der Waals surface area contributed by atoms with Crippen LogP contribution in [0, 0.1) is 0 Å². The molecule has 100 valence electrons. The predicted molar refractivity (Wildman–Crippen MR) is 79.0 cm³/mol. The van der Waals surface area contributed by atoms with Crippen LogP contribution in [0.5, 0.6) is 0 Å². The summed E-state index contributed by atoms with van der Waals surface area (Å²) in [7, 11) is -3.24. The Balaban J connectivity index is 2.27. The van der Waals surface area contributed by atoms with Gasteiger partial charge in [-0.05, 0) is 28.1 Å². The molecule has 0 aromatic carbocycles. The lowest BCUT2D eigenvalue weighted by Gasteiger charge is -2.33. The second-order valence-electron chi connectivity index (χ2n) is 3.96. The zero-order valence-electron chi connectivity index (χ0n) is 9.63. The molecule has 1 aliphatic rings. The minimum absolute atomic E-state index is 0.193. The van der Waals surface area contributed by atoms with Crippen molar-refractivity contribution < 1.29 is 13.2 Å². The van der Waals surface area contributed by atoms with E-state index >= 15 is 0 Å². The van der Waals surface area contributed by atoms with Crippen LogP contribution in [-0.2, 0) is 9.84 Å². The second-order valence-corrected chi connectivity index (χ2v) is 9.78. The summed E-state index contributed by atoms with van der Waals surface area (Å²) in [4.78, 5) is 14.4. The van der Waals surface area contributed by atoms with Crippen molar-refractivity contribution in [2.75, 3.05) is 24.3 Å². The smallest absolute Gasteiger partial charge is 0.265 e. The monoisotopic (exact) mass is 369 g/mol. The number of carbonyl (C=O) groups is 1. The number of amides is 1. The highest BCUT2D eigenvalue weighted by Gasteiger charge is 2.34. The van der Waals surface area contributed by atoms with Crippen molar-refractivity contribution in [3.63, 3.8) is 0 Å². The molecule has 18 heavy (non-hydrogen) atoms. The van der Waals surface area contributed by atoms with Gasteiger partial charge in [0.05, 0.1) is 8.66 Å². The Morgan fingerprint density at radius 1 is 1.50 bits per heavy atom. The molecular formula is C10H12BrNO3S3. The first-order valence-electron chi connectivity index (χ1n) is 5.22. The second kappa shape index (κ2) is 5.52. The van der Waals surface area contributed by atoms with Crippen LogP contribution in [0.25, 0.3) is 0 Å². The maximum absolute atomic E-state index is 12.3. The first kappa shape index (κ1) is 14.4. The molecule has 8 heteroatoms. The van der Waals surface area contributed by atoms with Gasteiger partial charge in [-0.2, -0.15) is 11.8 Å². The SMILES string of the molecule is CS(=O)(=O)C1CSCCN1C(=O)c1ccc(Br)s1. The van der Waals surface area contributed by atoms with Crippen LogP contribution >= 0.6 is 39.0 Å². The summed E-state index contributed by atoms with van der Waals surface area (Å²) in [5, 5.41) is -0.704. The fraction of sp³-hybridized carbons (Fsp3) is 0.500. The zero-order chi connectivity index (χ0) is 13.3. The largest absolute Gasteiger partial charge is 0.319 e. The molecule has 1 aliphatic heterocycles. The Morgan fingerprint density at radius 2 is 2.22 bits per heavy atom. The first-order valence-corrected chi connectivity index (χ1v) is 9.94. The van der Waals surface area contributed by atoms with Gasteiger partial charge in [-0.3, -0.25) is 4.79 Å². The summed E-state index contributed by atoms with van der Waals surface area (Å²) >= 11 is 6.20. The molecule has 2 heterocycles. The number of hydrogen-bond acceptors (Lipinski definition) is 5. The molecule has 2 rings (SSSR count). The number of thiophene rings is 1. The van der Waals surface area contributed by atoms with Gasteiger partial charge >= 0.3 is 0 Å². The van der Waals surface area contributed by atoms with E-state index in [0.29, 0.717) is 17.2 Å². The van der Waals surface area contributed by atoms with E-state index in [9.17, 15) is 13.2 Å².